The van der Waals surface area contributed by atoms with Gasteiger partial charge in [0.15, 0.2) is 5.12 Å². The van der Waals surface area contributed by atoms with E-state index in [1.54, 1.807) is 18.2 Å². The predicted octanol–water partition coefficient (Wildman–Crippen LogP) is 0.951. The monoisotopic (exact) mass is 271 g/mol. The molecule has 5 nitrogen and oxygen atoms in total. The number of nitrogens with two attached hydrogens (primary N) is 1. The highest BCUT2D eigenvalue weighted by Gasteiger charge is 2.20. The number of rotatable bonds is 5. The van der Waals surface area contributed by atoms with Crippen molar-refractivity contribution in [3.05, 3.63) is 23.8 Å². The van der Waals surface area contributed by atoms with E-state index >= 15 is 0 Å². The number of methoxy groups -OCH3 is 1. The SMILES string of the molecule is COc1cc(C(O)C(O)CSC(C)=O)ccc1N. The summed E-state index contributed by atoms with van der Waals surface area (Å²) in [5.41, 5.74) is 6.61. The summed E-state index contributed by atoms with van der Waals surface area (Å²) in [6.07, 6.45) is -2.10. The molecular formula is C12H17NO4S. The number of hydrogen-bond acceptors (Lipinski definition) is 6. The van der Waals surface area contributed by atoms with Crippen molar-refractivity contribution in [2.45, 2.75) is 19.1 Å². The zero-order valence-electron chi connectivity index (χ0n) is 10.3. The second-order valence-electron chi connectivity index (χ2n) is 3.82. The zero-order chi connectivity index (χ0) is 13.7. The smallest absolute Gasteiger partial charge is 0.185 e. The van der Waals surface area contributed by atoms with Gasteiger partial charge in [0, 0.05) is 12.7 Å². The Kier molecular flexibility index (Phi) is 5.46. The first-order valence-electron chi connectivity index (χ1n) is 5.38. The van der Waals surface area contributed by atoms with Gasteiger partial charge in [0.05, 0.1) is 18.9 Å². The Morgan fingerprint density at radius 2 is 2.17 bits per heavy atom. The fourth-order valence-corrected chi connectivity index (χ4v) is 2.02. The van der Waals surface area contributed by atoms with E-state index in [-0.39, 0.29) is 10.9 Å². The van der Waals surface area contributed by atoms with E-state index in [9.17, 15) is 15.0 Å². The first-order valence-corrected chi connectivity index (χ1v) is 6.37. The molecule has 2 unspecified atom stereocenters. The van der Waals surface area contributed by atoms with E-state index in [0.717, 1.165) is 11.8 Å². The summed E-state index contributed by atoms with van der Waals surface area (Å²) in [5, 5.41) is 19.6. The minimum absolute atomic E-state index is 0.101. The summed E-state index contributed by atoms with van der Waals surface area (Å²) in [6.45, 7) is 1.41. The van der Waals surface area contributed by atoms with Crippen LogP contribution in [-0.4, -0.2) is 34.3 Å². The lowest BCUT2D eigenvalue weighted by atomic mass is 10.0. The highest BCUT2D eigenvalue weighted by Crippen LogP contribution is 2.27. The van der Waals surface area contributed by atoms with Crippen LogP contribution in [0, 0.1) is 0 Å². The van der Waals surface area contributed by atoms with Crippen molar-refractivity contribution >= 4 is 22.6 Å². The van der Waals surface area contributed by atoms with Gasteiger partial charge in [-0.25, -0.2) is 0 Å². The number of carbonyl (C=O) groups excluding carboxylic acids is 1. The molecule has 0 amide bonds. The number of hydrogen-bond donors (Lipinski definition) is 3. The molecule has 18 heavy (non-hydrogen) atoms. The van der Waals surface area contributed by atoms with E-state index in [1.165, 1.54) is 14.0 Å². The second-order valence-corrected chi connectivity index (χ2v) is 5.01. The van der Waals surface area contributed by atoms with Gasteiger partial charge in [0.1, 0.15) is 11.9 Å². The summed E-state index contributed by atoms with van der Waals surface area (Å²) in [5.74, 6) is 0.585. The Morgan fingerprint density at radius 3 is 2.72 bits per heavy atom. The molecule has 0 aliphatic carbocycles. The lowest BCUT2D eigenvalue weighted by Crippen LogP contribution is -2.21. The van der Waals surface area contributed by atoms with Crippen molar-refractivity contribution in [2.75, 3.05) is 18.6 Å². The van der Waals surface area contributed by atoms with Crippen molar-refractivity contribution in [1.82, 2.24) is 0 Å². The minimum atomic E-state index is -1.08. The maximum atomic E-state index is 10.8. The zero-order valence-corrected chi connectivity index (χ0v) is 11.1. The molecule has 100 valence electrons. The molecule has 0 saturated heterocycles. The Morgan fingerprint density at radius 1 is 1.50 bits per heavy atom. The molecule has 6 heteroatoms. The third-order valence-corrected chi connectivity index (χ3v) is 3.34. The molecule has 0 aliphatic heterocycles. The predicted molar refractivity (Wildman–Crippen MR) is 71.5 cm³/mol. The number of aliphatic hydroxyl groups excluding tert-OH is 2. The van der Waals surface area contributed by atoms with Crippen LogP contribution in [0.15, 0.2) is 18.2 Å². The molecule has 0 fully saturated rings. The minimum Gasteiger partial charge on any atom is -0.495 e. The molecule has 0 aliphatic rings. The first kappa shape index (κ1) is 14.8. The van der Waals surface area contributed by atoms with Gasteiger partial charge < -0.3 is 20.7 Å². The number of thioether (sulfide) groups is 1. The van der Waals surface area contributed by atoms with Crippen LogP contribution in [0.1, 0.15) is 18.6 Å². The van der Waals surface area contributed by atoms with Crippen LogP contribution in [0.4, 0.5) is 5.69 Å². The van der Waals surface area contributed by atoms with Crippen LogP contribution < -0.4 is 10.5 Å². The lowest BCUT2D eigenvalue weighted by molar-refractivity contribution is -0.109. The molecular weight excluding hydrogens is 254 g/mol. The maximum absolute atomic E-state index is 10.8. The van der Waals surface area contributed by atoms with Crippen LogP contribution in [0.3, 0.4) is 0 Å². The molecule has 0 saturated carbocycles. The molecule has 1 aromatic rings. The molecule has 0 radical (unpaired) electrons. The summed E-state index contributed by atoms with van der Waals surface area (Å²) < 4.78 is 5.04. The van der Waals surface area contributed by atoms with Gasteiger partial charge >= 0.3 is 0 Å². The molecule has 1 aromatic carbocycles. The van der Waals surface area contributed by atoms with Crippen molar-refractivity contribution in [3.8, 4) is 5.75 Å². The van der Waals surface area contributed by atoms with Gasteiger partial charge in [-0.15, -0.1) is 0 Å². The van der Waals surface area contributed by atoms with E-state index in [4.69, 9.17) is 10.5 Å². The lowest BCUT2D eigenvalue weighted by Gasteiger charge is -2.18. The number of benzene rings is 1. The van der Waals surface area contributed by atoms with Crippen LogP contribution in [-0.2, 0) is 4.79 Å². The first-order chi connectivity index (χ1) is 8.45. The number of aliphatic hydroxyl groups is 2. The van der Waals surface area contributed by atoms with Gasteiger partial charge in [-0.1, -0.05) is 17.8 Å². The van der Waals surface area contributed by atoms with Gasteiger partial charge in [0.25, 0.3) is 0 Å². The average molecular weight is 271 g/mol. The third-order valence-electron chi connectivity index (χ3n) is 2.42. The molecule has 0 aromatic heterocycles. The number of nitrogen functional groups attached to an aromatic ring is 1. The number of ether oxygens (including phenoxy) is 1. The molecule has 0 spiro atoms. The molecule has 2 atom stereocenters. The van der Waals surface area contributed by atoms with Crippen molar-refractivity contribution in [1.29, 1.82) is 0 Å². The summed E-state index contributed by atoms with van der Waals surface area (Å²) in [4.78, 5) is 10.8. The van der Waals surface area contributed by atoms with Gasteiger partial charge in [-0.05, 0) is 17.7 Å². The van der Waals surface area contributed by atoms with E-state index in [0.29, 0.717) is 17.0 Å². The van der Waals surface area contributed by atoms with Crippen molar-refractivity contribution < 1.29 is 19.7 Å². The van der Waals surface area contributed by atoms with Crippen LogP contribution in [0.25, 0.3) is 0 Å². The summed E-state index contributed by atoms with van der Waals surface area (Å²) in [7, 11) is 1.48. The Labute approximate surface area is 110 Å². The topological polar surface area (TPSA) is 92.8 Å². The fourth-order valence-electron chi connectivity index (χ4n) is 1.43. The summed E-state index contributed by atoms with van der Waals surface area (Å²) in [6, 6.07) is 4.79. The average Bonchev–Trinajstić information content (AvgIpc) is 2.35. The quantitative estimate of drug-likeness (QED) is 0.691. The molecule has 4 N–H and O–H groups in total. The maximum Gasteiger partial charge on any atom is 0.185 e. The van der Waals surface area contributed by atoms with E-state index < -0.39 is 12.2 Å². The van der Waals surface area contributed by atoms with Gasteiger partial charge in [-0.3, -0.25) is 4.79 Å². The van der Waals surface area contributed by atoms with Gasteiger partial charge in [-0.2, -0.15) is 0 Å². The molecule has 0 heterocycles. The number of anilines is 1. The summed E-state index contributed by atoms with van der Waals surface area (Å²) >= 11 is 0.971. The Bertz CT molecular complexity index is 425. The Balaban J connectivity index is 2.76. The van der Waals surface area contributed by atoms with Crippen LogP contribution in [0.5, 0.6) is 5.75 Å². The third kappa shape index (κ3) is 3.90. The normalized spacial score (nSPS) is 14.0. The standard InChI is InChI=1S/C12H17NO4S/c1-7(14)18-6-10(15)12(16)8-3-4-9(13)11(5-8)17-2/h3-5,10,12,15-16H,6,13H2,1-2H3. The fraction of sp³-hybridized carbons (Fsp3) is 0.417. The van der Waals surface area contributed by atoms with Crippen LogP contribution in [0.2, 0.25) is 0 Å². The van der Waals surface area contributed by atoms with E-state index in [2.05, 4.69) is 0 Å². The van der Waals surface area contributed by atoms with Crippen molar-refractivity contribution in [2.24, 2.45) is 0 Å². The molecule has 0 bridgehead atoms. The second kappa shape index (κ2) is 6.63. The Hall–Kier alpha value is -1.24. The highest BCUT2D eigenvalue weighted by molar-refractivity contribution is 8.13. The van der Waals surface area contributed by atoms with E-state index in [1.807, 2.05) is 0 Å². The van der Waals surface area contributed by atoms with Crippen molar-refractivity contribution in [3.63, 3.8) is 0 Å². The molecule has 1 rings (SSSR count). The van der Waals surface area contributed by atoms with Crippen LogP contribution >= 0.6 is 11.8 Å². The largest absolute Gasteiger partial charge is 0.495 e. The highest BCUT2D eigenvalue weighted by atomic mass is 32.2. The number of carbonyl (C=O) groups is 1. The van der Waals surface area contributed by atoms with Gasteiger partial charge in [0.2, 0.25) is 0 Å².